The molecule has 4 rings (SSSR count). The Morgan fingerprint density at radius 3 is 2.58 bits per heavy atom. The van der Waals surface area contributed by atoms with Gasteiger partial charge in [0, 0.05) is 69.2 Å². The number of anilines is 2. The molecule has 10 heteroatoms. The number of amides is 3. The highest BCUT2D eigenvalue weighted by Gasteiger charge is 2.34. The maximum Gasteiger partial charge on any atom is 0.273 e. The van der Waals surface area contributed by atoms with Gasteiger partial charge in [-0.3, -0.25) is 14.4 Å². The smallest absolute Gasteiger partial charge is 0.273 e. The minimum Gasteiger partial charge on any atom is -0.497 e. The molecule has 1 aromatic heterocycles. The Balaban J connectivity index is 1.33. The predicted octanol–water partition coefficient (Wildman–Crippen LogP) is 2.58. The summed E-state index contributed by atoms with van der Waals surface area (Å²) in [6.45, 7) is 4.14. The molecule has 9 nitrogen and oxygen atoms in total. The van der Waals surface area contributed by atoms with E-state index in [0.717, 1.165) is 24.3 Å². The third-order valence-corrected chi connectivity index (χ3v) is 6.69. The first-order valence-corrected chi connectivity index (χ1v) is 12.0. The summed E-state index contributed by atoms with van der Waals surface area (Å²) in [5, 5.41) is 5.59. The Hall–Kier alpha value is -3.14. The van der Waals surface area contributed by atoms with Crippen LogP contribution in [0, 0.1) is 0 Å². The number of benzene rings is 1. The molecular weight excluding hydrogens is 442 g/mol. The first kappa shape index (κ1) is 23.0. The average Bonchev–Trinajstić information content (AvgIpc) is 3.56. The monoisotopic (exact) mass is 471 g/mol. The summed E-state index contributed by atoms with van der Waals surface area (Å²) in [5.74, 6) is 0.660. The van der Waals surface area contributed by atoms with E-state index in [1.807, 2.05) is 24.3 Å². The number of carbonyl (C=O) groups is 3. The minimum atomic E-state index is -0.137. The lowest BCUT2D eigenvalue weighted by Gasteiger charge is -2.34. The fraction of sp³-hybridized carbons (Fsp3) is 0.478. The number of aromatic nitrogens is 1. The van der Waals surface area contributed by atoms with E-state index in [2.05, 4.69) is 10.3 Å². The molecule has 3 amide bonds. The number of rotatable bonds is 8. The van der Waals surface area contributed by atoms with Crippen LogP contribution in [-0.4, -0.2) is 83.3 Å². The van der Waals surface area contributed by atoms with E-state index in [0.29, 0.717) is 43.5 Å². The zero-order chi connectivity index (χ0) is 23.4. The Kier molecular flexibility index (Phi) is 7.12. The zero-order valence-corrected chi connectivity index (χ0v) is 19.8. The molecule has 1 aromatic carbocycles. The highest BCUT2D eigenvalue weighted by Crippen LogP contribution is 2.30. The van der Waals surface area contributed by atoms with E-state index < -0.39 is 0 Å². The molecule has 0 spiro atoms. The molecule has 176 valence electrons. The summed E-state index contributed by atoms with van der Waals surface area (Å²) in [5.41, 5.74) is 1.22. The van der Waals surface area contributed by atoms with Crippen molar-refractivity contribution in [3.63, 3.8) is 0 Å². The second-order valence-corrected chi connectivity index (χ2v) is 9.12. The minimum absolute atomic E-state index is 0.0234. The summed E-state index contributed by atoms with van der Waals surface area (Å²) in [7, 11) is 1.61. The van der Waals surface area contributed by atoms with Gasteiger partial charge in [-0.15, -0.1) is 11.3 Å². The number of nitrogens with one attached hydrogen (secondary N) is 1. The van der Waals surface area contributed by atoms with Crippen molar-refractivity contribution in [3.05, 3.63) is 35.3 Å². The maximum absolute atomic E-state index is 13.2. The molecule has 2 heterocycles. The highest BCUT2D eigenvalue weighted by atomic mass is 32.1. The number of carbonyl (C=O) groups excluding carboxylic acids is 3. The Morgan fingerprint density at radius 1 is 1.18 bits per heavy atom. The zero-order valence-electron chi connectivity index (χ0n) is 19.0. The molecule has 1 N–H and O–H groups in total. The van der Waals surface area contributed by atoms with E-state index in [1.165, 1.54) is 11.3 Å². The largest absolute Gasteiger partial charge is 0.497 e. The summed E-state index contributed by atoms with van der Waals surface area (Å²) in [6, 6.07) is 7.69. The van der Waals surface area contributed by atoms with E-state index >= 15 is 0 Å². The molecule has 2 aliphatic rings. The SMILES string of the molecule is COc1cccc(Nc2nc(C(=O)N(CCC(=O)N3CCN(C(C)=O)CC3)C3CC3)cs2)c1. The molecule has 1 aliphatic carbocycles. The van der Waals surface area contributed by atoms with Crippen LogP contribution in [0.4, 0.5) is 10.8 Å². The van der Waals surface area contributed by atoms with Gasteiger partial charge in [-0.05, 0) is 25.0 Å². The van der Waals surface area contributed by atoms with Gasteiger partial charge in [0.05, 0.1) is 7.11 Å². The quantitative estimate of drug-likeness (QED) is 0.636. The van der Waals surface area contributed by atoms with Gasteiger partial charge >= 0.3 is 0 Å². The van der Waals surface area contributed by atoms with Gasteiger partial charge in [-0.2, -0.15) is 0 Å². The topological polar surface area (TPSA) is 95.1 Å². The van der Waals surface area contributed by atoms with Crippen LogP contribution in [0.2, 0.25) is 0 Å². The highest BCUT2D eigenvalue weighted by molar-refractivity contribution is 7.14. The van der Waals surface area contributed by atoms with Crippen LogP contribution >= 0.6 is 11.3 Å². The van der Waals surface area contributed by atoms with Gasteiger partial charge in [-0.25, -0.2) is 4.98 Å². The second-order valence-electron chi connectivity index (χ2n) is 8.26. The predicted molar refractivity (Wildman–Crippen MR) is 126 cm³/mol. The number of thiazole rings is 1. The number of ether oxygens (including phenoxy) is 1. The van der Waals surface area contributed by atoms with Crippen LogP contribution in [0.3, 0.4) is 0 Å². The third kappa shape index (κ3) is 5.81. The number of nitrogens with zero attached hydrogens (tertiary/aromatic N) is 4. The van der Waals surface area contributed by atoms with Gasteiger partial charge < -0.3 is 24.8 Å². The number of piperazine rings is 1. The van der Waals surface area contributed by atoms with Crippen molar-refractivity contribution in [2.75, 3.05) is 45.2 Å². The lowest BCUT2D eigenvalue weighted by Crippen LogP contribution is -2.50. The summed E-state index contributed by atoms with van der Waals surface area (Å²) in [4.78, 5) is 47.1. The number of hydrogen-bond acceptors (Lipinski definition) is 7. The van der Waals surface area contributed by atoms with Gasteiger partial charge in [-0.1, -0.05) is 6.07 Å². The molecule has 2 fully saturated rings. The molecule has 0 atom stereocenters. The molecule has 2 aromatic rings. The normalized spacial score (nSPS) is 15.8. The van der Waals surface area contributed by atoms with E-state index in [1.54, 1.807) is 34.1 Å². The molecule has 1 aliphatic heterocycles. The summed E-state index contributed by atoms with van der Waals surface area (Å²) < 4.78 is 5.24. The van der Waals surface area contributed by atoms with Gasteiger partial charge in [0.1, 0.15) is 11.4 Å². The van der Waals surface area contributed by atoms with E-state index in [-0.39, 0.29) is 30.2 Å². The van der Waals surface area contributed by atoms with Crippen molar-refractivity contribution in [2.45, 2.75) is 32.2 Å². The molecule has 0 radical (unpaired) electrons. The van der Waals surface area contributed by atoms with Crippen LogP contribution in [0.25, 0.3) is 0 Å². The Morgan fingerprint density at radius 2 is 1.91 bits per heavy atom. The molecule has 1 saturated carbocycles. The Bertz CT molecular complexity index is 1010. The molecule has 0 unspecified atom stereocenters. The van der Waals surface area contributed by atoms with Gasteiger partial charge in [0.2, 0.25) is 11.8 Å². The molecule has 33 heavy (non-hydrogen) atoms. The summed E-state index contributed by atoms with van der Waals surface area (Å²) in [6.07, 6.45) is 2.19. The molecular formula is C23H29N5O4S. The maximum atomic E-state index is 13.2. The third-order valence-electron chi connectivity index (χ3n) is 5.94. The van der Waals surface area contributed by atoms with Crippen LogP contribution in [0.5, 0.6) is 5.75 Å². The van der Waals surface area contributed by atoms with Crippen LogP contribution in [0.15, 0.2) is 29.6 Å². The van der Waals surface area contributed by atoms with Crippen LogP contribution in [0.1, 0.15) is 36.7 Å². The summed E-state index contributed by atoms with van der Waals surface area (Å²) >= 11 is 1.37. The van der Waals surface area contributed by atoms with Crippen LogP contribution < -0.4 is 10.1 Å². The van der Waals surface area contributed by atoms with E-state index in [4.69, 9.17) is 4.74 Å². The number of hydrogen-bond donors (Lipinski definition) is 1. The Labute approximate surface area is 197 Å². The van der Waals surface area contributed by atoms with Crippen LogP contribution in [-0.2, 0) is 9.59 Å². The van der Waals surface area contributed by atoms with Crippen molar-refractivity contribution in [3.8, 4) is 5.75 Å². The standard InChI is InChI=1S/C23H29N5O4S/c1-16(29)26-10-12-27(13-11-26)21(30)8-9-28(18-6-7-18)22(31)20-15-33-23(25-20)24-17-4-3-5-19(14-17)32-2/h3-5,14-15,18H,6-13H2,1-2H3,(H,24,25). The van der Waals surface area contributed by atoms with Crippen molar-refractivity contribution < 1.29 is 19.1 Å². The van der Waals surface area contributed by atoms with Crippen molar-refractivity contribution in [1.82, 2.24) is 19.7 Å². The number of methoxy groups -OCH3 is 1. The van der Waals surface area contributed by atoms with Crippen molar-refractivity contribution in [2.24, 2.45) is 0 Å². The lowest BCUT2D eigenvalue weighted by molar-refractivity contribution is -0.138. The van der Waals surface area contributed by atoms with Crippen molar-refractivity contribution >= 4 is 39.9 Å². The first-order chi connectivity index (χ1) is 15.9. The van der Waals surface area contributed by atoms with Crippen molar-refractivity contribution in [1.29, 1.82) is 0 Å². The first-order valence-electron chi connectivity index (χ1n) is 11.2. The second kappa shape index (κ2) is 10.2. The lowest BCUT2D eigenvalue weighted by atomic mass is 10.2. The molecule has 1 saturated heterocycles. The fourth-order valence-corrected chi connectivity index (χ4v) is 4.59. The van der Waals surface area contributed by atoms with E-state index in [9.17, 15) is 14.4 Å². The molecule has 0 bridgehead atoms. The average molecular weight is 472 g/mol. The van der Waals surface area contributed by atoms with Gasteiger partial charge in [0.15, 0.2) is 5.13 Å². The fourth-order valence-electron chi connectivity index (χ4n) is 3.88. The van der Waals surface area contributed by atoms with Gasteiger partial charge in [0.25, 0.3) is 5.91 Å².